The number of halogens is 1. The molecule has 0 radical (unpaired) electrons. The Kier molecular flexibility index (Phi) is 5.76. The molecule has 1 aromatic rings. The van der Waals surface area contributed by atoms with E-state index < -0.39 is 5.60 Å². The molecule has 0 aliphatic rings. The molecule has 0 saturated heterocycles. The molecule has 0 bridgehead atoms. The molecule has 0 heterocycles. The molecular weight excluding hydrogens is 243 g/mol. The van der Waals surface area contributed by atoms with Gasteiger partial charge in [-0.15, -0.1) is 0 Å². The third kappa shape index (κ3) is 5.57. The molecule has 0 atom stereocenters. The van der Waals surface area contributed by atoms with Crippen LogP contribution in [0.4, 0.5) is 10.1 Å². The van der Waals surface area contributed by atoms with Crippen LogP contribution in [0.3, 0.4) is 0 Å². The molecule has 0 amide bonds. The second-order valence-electron chi connectivity index (χ2n) is 5.63. The molecule has 0 aliphatic heterocycles. The lowest BCUT2D eigenvalue weighted by molar-refractivity contribution is 0.0885. The first-order valence-corrected chi connectivity index (χ1v) is 6.76. The van der Waals surface area contributed by atoms with Crippen LogP contribution < -0.4 is 10.2 Å². The average Bonchev–Trinajstić information content (AvgIpc) is 2.27. The Morgan fingerprint density at radius 2 is 2.05 bits per heavy atom. The standard InChI is InChI=1S/C15H25FN2O/c1-5-8-17-10-12-6-7-14(13(16)9-12)18(4)11-15(2,3)19/h6-7,9,17,19H,5,8,10-11H2,1-4H3. The SMILES string of the molecule is CCCNCc1ccc(N(C)CC(C)(C)O)c(F)c1. The van der Waals surface area contributed by atoms with Gasteiger partial charge in [0.2, 0.25) is 0 Å². The molecular formula is C15H25FN2O. The molecule has 1 rings (SSSR count). The Morgan fingerprint density at radius 3 is 2.58 bits per heavy atom. The monoisotopic (exact) mass is 268 g/mol. The molecule has 4 heteroatoms. The fraction of sp³-hybridized carbons (Fsp3) is 0.600. The van der Waals surface area contributed by atoms with E-state index in [1.165, 1.54) is 0 Å². The second-order valence-corrected chi connectivity index (χ2v) is 5.63. The first-order chi connectivity index (χ1) is 8.83. The quantitative estimate of drug-likeness (QED) is 0.746. The van der Waals surface area contributed by atoms with Gasteiger partial charge >= 0.3 is 0 Å². The number of aliphatic hydroxyl groups is 1. The largest absolute Gasteiger partial charge is 0.389 e. The summed E-state index contributed by atoms with van der Waals surface area (Å²) in [6, 6.07) is 5.24. The molecule has 3 nitrogen and oxygen atoms in total. The Bertz CT molecular complexity index is 402. The highest BCUT2D eigenvalue weighted by Crippen LogP contribution is 2.21. The molecule has 0 saturated carbocycles. The van der Waals surface area contributed by atoms with Gasteiger partial charge in [0.25, 0.3) is 0 Å². The van der Waals surface area contributed by atoms with E-state index in [0.717, 1.165) is 18.5 Å². The zero-order chi connectivity index (χ0) is 14.5. The number of likely N-dealkylation sites (N-methyl/N-ethyl adjacent to an activating group) is 1. The number of anilines is 1. The third-order valence-electron chi connectivity index (χ3n) is 2.80. The predicted molar refractivity (Wildman–Crippen MR) is 78.0 cm³/mol. The number of rotatable bonds is 7. The summed E-state index contributed by atoms with van der Waals surface area (Å²) in [5.74, 6) is -0.248. The summed E-state index contributed by atoms with van der Waals surface area (Å²) in [6.45, 7) is 7.52. The van der Waals surface area contributed by atoms with Crippen LogP contribution in [0.25, 0.3) is 0 Å². The van der Waals surface area contributed by atoms with Gasteiger partial charge in [0.05, 0.1) is 11.3 Å². The van der Waals surface area contributed by atoms with Crippen molar-refractivity contribution < 1.29 is 9.50 Å². The van der Waals surface area contributed by atoms with Crippen molar-refractivity contribution in [3.63, 3.8) is 0 Å². The lowest BCUT2D eigenvalue weighted by atomic mass is 10.1. The Balaban J connectivity index is 2.71. The molecule has 0 unspecified atom stereocenters. The number of hydrogen-bond acceptors (Lipinski definition) is 3. The van der Waals surface area contributed by atoms with Gasteiger partial charge in [-0.3, -0.25) is 0 Å². The zero-order valence-corrected chi connectivity index (χ0v) is 12.3. The smallest absolute Gasteiger partial charge is 0.146 e. The van der Waals surface area contributed by atoms with Gasteiger partial charge in [-0.2, -0.15) is 0 Å². The number of hydrogen-bond donors (Lipinski definition) is 2. The van der Waals surface area contributed by atoms with E-state index in [1.54, 1.807) is 37.9 Å². The Morgan fingerprint density at radius 1 is 1.37 bits per heavy atom. The summed E-state index contributed by atoms with van der Waals surface area (Å²) in [5.41, 5.74) is 0.607. The van der Waals surface area contributed by atoms with Crippen LogP contribution in [-0.2, 0) is 6.54 Å². The van der Waals surface area contributed by atoms with E-state index in [0.29, 0.717) is 18.8 Å². The molecule has 19 heavy (non-hydrogen) atoms. The predicted octanol–water partition coefficient (Wildman–Crippen LogP) is 2.53. The minimum absolute atomic E-state index is 0.248. The lowest BCUT2D eigenvalue weighted by Gasteiger charge is -2.27. The maximum Gasteiger partial charge on any atom is 0.146 e. The van der Waals surface area contributed by atoms with E-state index in [9.17, 15) is 9.50 Å². The number of nitrogens with one attached hydrogen (secondary N) is 1. The fourth-order valence-corrected chi connectivity index (χ4v) is 2.05. The topological polar surface area (TPSA) is 35.5 Å². The zero-order valence-electron chi connectivity index (χ0n) is 12.3. The van der Waals surface area contributed by atoms with Crippen molar-refractivity contribution >= 4 is 5.69 Å². The summed E-state index contributed by atoms with van der Waals surface area (Å²) >= 11 is 0. The van der Waals surface area contributed by atoms with Crippen LogP contribution >= 0.6 is 0 Å². The van der Waals surface area contributed by atoms with Gasteiger partial charge < -0.3 is 15.3 Å². The van der Waals surface area contributed by atoms with E-state index >= 15 is 0 Å². The highest BCUT2D eigenvalue weighted by Gasteiger charge is 2.18. The number of nitrogens with zero attached hydrogens (tertiary/aromatic N) is 1. The first-order valence-electron chi connectivity index (χ1n) is 6.76. The van der Waals surface area contributed by atoms with E-state index in [4.69, 9.17) is 0 Å². The second kappa shape index (κ2) is 6.87. The summed E-state index contributed by atoms with van der Waals surface area (Å²) < 4.78 is 14.0. The minimum atomic E-state index is -0.845. The van der Waals surface area contributed by atoms with Crippen molar-refractivity contribution in [2.24, 2.45) is 0 Å². The molecule has 0 aliphatic carbocycles. The van der Waals surface area contributed by atoms with Crippen LogP contribution in [0, 0.1) is 5.82 Å². The molecule has 1 aromatic carbocycles. The highest BCUT2D eigenvalue weighted by molar-refractivity contribution is 5.48. The summed E-state index contributed by atoms with van der Waals surface area (Å²) in [6.07, 6.45) is 1.06. The summed E-state index contributed by atoms with van der Waals surface area (Å²) in [7, 11) is 1.78. The Labute approximate surface area is 115 Å². The van der Waals surface area contributed by atoms with Gasteiger partial charge in [-0.05, 0) is 44.5 Å². The van der Waals surface area contributed by atoms with Crippen LogP contribution in [0.5, 0.6) is 0 Å². The van der Waals surface area contributed by atoms with Crippen LogP contribution in [-0.4, -0.2) is 30.8 Å². The molecule has 0 fully saturated rings. The maximum atomic E-state index is 14.0. The lowest BCUT2D eigenvalue weighted by Crippen LogP contribution is -2.36. The number of benzene rings is 1. The van der Waals surface area contributed by atoms with E-state index in [2.05, 4.69) is 12.2 Å². The van der Waals surface area contributed by atoms with Gasteiger partial charge in [-0.25, -0.2) is 4.39 Å². The van der Waals surface area contributed by atoms with Crippen molar-refractivity contribution in [2.75, 3.05) is 25.0 Å². The van der Waals surface area contributed by atoms with Gasteiger partial charge in [-0.1, -0.05) is 13.0 Å². The summed E-state index contributed by atoms with van der Waals surface area (Å²) in [4.78, 5) is 1.73. The van der Waals surface area contributed by atoms with E-state index in [1.807, 2.05) is 6.07 Å². The first kappa shape index (κ1) is 15.9. The normalized spacial score (nSPS) is 11.7. The van der Waals surface area contributed by atoms with Crippen LogP contribution in [0.1, 0.15) is 32.8 Å². The van der Waals surface area contributed by atoms with Crippen molar-refractivity contribution in [1.82, 2.24) is 5.32 Å². The van der Waals surface area contributed by atoms with Crippen LogP contribution in [0.15, 0.2) is 18.2 Å². The van der Waals surface area contributed by atoms with Crippen LogP contribution in [0.2, 0.25) is 0 Å². The average molecular weight is 268 g/mol. The third-order valence-corrected chi connectivity index (χ3v) is 2.80. The highest BCUT2D eigenvalue weighted by atomic mass is 19.1. The maximum absolute atomic E-state index is 14.0. The van der Waals surface area contributed by atoms with E-state index in [-0.39, 0.29) is 5.82 Å². The minimum Gasteiger partial charge on any atom is -0.389 e. The Hall–Kier alpha value is -1.13. The van der Waals surface area contributed by atoms with Crippen molar-refractivity contribution in [3.8, 4) is 0 Å². The molecule has 0 spiro atoms. The van der Waals surface area contributed by atoms with Crippen molar-refractivity contribution in [1.29, 1.82) is 0 Å². The van der Waals surface area contributed by atoms with Crippen molar-refractivity contribution in [2.45, 2.75) is 39.3 Å². The van der Waals surface area contributed by atoms with Gasteiger partial charge in [0, 0.05) is 20.1 Å². The molecule has 0 aromatic heterocycles. The molecule has 2 N–H and O–H groups in total. The van der Waals surface area contributed by atoms with Gasteiger partial charge in [0.15, 0.2) is 0 Å². The van der Waals surface area contributed by atoms with Crippen molar-refractivity contribution in [3.05, 3.63) is 29.6 Å². The summed E-state index contributed by atoms with van der Waals surface area (Å²) in [5, 5.41) is 13.0. The fourth-order valence-electron chi connectivity index (χ4n) is 2.05. The van der Waals surface area contributed by atoms with Gasteiger partial charge in [0.1, 0.15) is 5.82 Å². The molecule has 108 valence electrons.